The largest absolute Gasteiger partial charge is 0.481 e. The Kier molecular flexibility index (Phi) is 3.19. The van der Waals surface area contributed by atoms with E-state index in [0.717, 1.165) is 6.42 Å². The Balaban J connectivity index is 2.06. The quantitative estimate of drug-likeness (QED) is 0.441. The Hall–Kier alpha value is -1.36. The monoisotopic (exact) mass is 239 g/mol. The number of esters is 1. The summed E-state index contributed by atoms with van der Waals surface area (Å²) in [6, 6.07) is 0. The van der Waals surface area contributed by atoms with Crippen molar-refractivity contribution >= 4 is 11.9 Å². The zero-order chi connectivity index (χ0) is 12.6. The van der Waals surface area contributed by atoms with E-state index in [1.165, 1.54) is 0 Å². The Morgan fingerprint density at radius 1 is 1.29 bits per heavy atom. The zero-order valence-electron chi connectivity index (χ0n) is 10.00. The number of carboxylic acid groups (broad SMARTS) is 1. The molecule has 0 radical (unpaired) electrons. The average molecular weight is 239 g/mol. The van der Waals surface area contributed by atoms with Crippen molar-refractivity contribution in [3.63, 3.8) is 0 Å². The molecule has 5 heteroatoms. The molecule has 0 saturated heterocycles. The van der Waals surface area contributed by atoms with Crippen molar-refractivity contribution < 1.29 is 19.4 Å². The van der Waals surface area contributed by atoms with Gasteiger partial charge in [0.15, 0.2) is 0 Å². The summed E-state index contributed by atoms with van der Waals surface area (Å²) in [5.41, 5.74) is 0. The van der Waals surface area contributed by atoms with Gasteiger partial charge in [-0.3, -0.25) is 14.5 Å². The third-order valence-electron chi connectivity index (χ3n) is 3.48. The second-order valence-electron chi connectivity index (χ2n) is 5.01. The van der Waals surface area contributed by atoms with Gasteiger partial charge < -0.3 is 9.84 Å². The van der Waals surface area contributed by atoms with E-state index in [1.54, 1.807) is 19.0 Å². The second kappa shape index (κ2) is 4.49. The van der Waals surface area contributed by atoms with Crippen LogP contribution in [0.25, 0.3) is 0 Å². The third kappa shape index (κ3) is 2.20. The van der Waals surface area contributed by atoms with Gasteiger partial charge in [0.1, 0.15) is 6.73 Å². The summed E-state index contributed by atoms with van der Waals surface area (Å²) in [5.74, 6) is -2.37. The minimum atomic E-state index is -0.895. The molecule has 1 saturated carbocycles. The average Bonchev–Trinajstić information content (AvgIpc) is 2.84. The first-order chi connectivity index (χ1) is 8.00. The van der Waals surface area contributed by atoms with Crippen molar-refractivity contribution in [3.05, 3.63) is 12.2 Å². The number of ether oxygens (including phenoxy) is 1. The highest BCUT2D eigenvalue weighted by Crippen LogP contribution is 2.48. The van der Waals surface area contributed by atoms with E-state index >= 15 is 0 Å². The van der Waals surface area contributed by atoms with Gasteiger partial charge in [0, 0.05) is 0 Å². The molecule has 2 aliphatic rings. The first-order valence-corrected chi connectivity index (χ1v) is 5.73. The van der Waals surface area contributed by atoms with E-state index in [1.807, 2.05) is 12.2 Å². The van der Waals surface area contributed by atoms with E-state index in [2.05, 4.69) is 0 Å². The topological polar surface area (TPSA) is 66.8 Å². The smallest absolute Gasteiger partial charge is 0.311 e. The zero-order valence-corrected chi connectivity index (χ0v) is 10.00. The highest BCUT2D eigenvalue weighted by molar-refractivity contribution is 5.83. The SMILES string of the molecule is CN(C)COC(=O)[C@@H]1[C@@H](C(=O)O)[C@H]2C=C[C@@H]1C2. The number of rotatable bonds is 4. The number of aliphatic carboxylic acids is 1. The number of hydrogen-bond donors (Lipinski definition) is 1. The lowest BCUT2D eigenvalue weighted by Crippen LogP contribution is -2.35. The van der Waals surface area contributed by atoms with Crippen LogP contribution in [0.1, 0.15) is 6.42 Å². The van der Waals surface area contributed by atoms with Gasteiger partial charge in [-0.25, -0.2) is 0 Å². The molecule has 2 aliphatic carbocycles. The van der Waals surface area contributed by atoms with Crippen molar-refractivity contribution in [2.45, 2.75) is 6.42 Å². The van der Waals surface area contributed by atoms with Gasteiger partial charge in [0.2, 0.25) is 0 Å². The minimum absolute atomic E-state index is 0.00518. The first-order valence-electron chi connectivity index (χ1n) is 5.73. The normalized spacial score (nSPS) is 34.3. The number of hydrogen-bond acceptors (Lipinski definition) is 4. The van der Waals surface area contributed by atoms with Gasteiger partial charge in [-0.2, -0.15) is 0 Å². The van der Waals surface area contributed by atoms with Crippen molar-refractivity contribution in [2.24, 2.45) is 23.7 Å². The molecule has 17 heavy (non-hydrogen) atoms. The molecule has 94 valence electrons. The van der Waals surface area contributed by atoms with Crippen molar-refractivity contribution in [1.29, 1.82) is 0 Å². The van der Waals surface area contributed by atoms with E-state index in [9.17, 15) is 14.7 Å². The fraction of sp³-hybridized carbons (Fsp3) is 0.667. The molecule has 4 atom stereocenters. The van der Waals surface area contributed by atoms with Crippen LogP contribution < -0.4 is 0 Å². The van der Waals surface area contributed by atoms with Gasteiger partial charge in [0.25, 0.3) is 0 Å². The van der Waals surface area contributed by atoms with Crippen molar-refractivity contribution in [3.8, 4) is 0 Å². The number of allylic oxidation sites excluding steroid dienone is 2. The predicted octanol–water partition coefficient (Wildman–Crippen LogP) is 0.572. The lowest BCUT2D eigenvalue weighted by Gasteiger charge is -2.23. The maximum absolute atomic E-state index is 11.9. The lowest BCUT2D eigenvalue weighted by atomic mass is 9.83. The lowest BCUT2D eigenvalue weighted by molar-refractivity contribution is -0.161. The molecule has 5 nitrogen and oxygen atoms in total. The van der Waals surface area contributed by atoms with Gasteiger partial charge in [-0.1, -0.05) is 12.2 Å². The standard InChI is InChI=1S/C12H17NO4/c1-13(2)6-17-12(16)10-8-4-3-7(5-8)9(10)11(14)15/h3-4,7-10H,5-6H2,1-2H3,(H,14,15)/t7-,8+,9-,10-/m0/s1. The molecule has 0 aliphatic heterocycles. The Labute approximate surface area is 100 Å². The van der Waals surface area contributed by atoms with E-state index in [0.29, 0.717) is 0 Å². The van der Waals surface area contributed by atoms with Crippen LogP contribution in [-0.2, 0) is 14.3 Å². The highest BCUT2D eigenvalue weighted by atomic mass is 16.5. The molecule has 0 amide bonds. The third-order valence-corrected chi connectivity index (χ3v) is 3.48. The fourth-order valence-corrected chi connectivity index (χ4v) is 2.77. The number of fused-ring (bicyclic) bond motifs is 2. The molecule has 0 aromatic carbocycles. The summed E-state index contributed by atoms with van der Waals surface area (Å²) in [6.45, 7) is 0.197. The predicted molar refractivity (Wildman–Crippen MR) is 60.0 cm³/mol. The van der Waals surface area contributed by atoms with Crippen LogP contribution in [0.15, 0.2) is 12.2 Å². The van der Waals surface area contributed by atoms with Crippen LogP contribution in [0.5, 0.6) is 0 Å². The molecule has 0 aromatic heterocycles. The van der Waals surface area contributed by atoms with Crippen LogP contribution in [0.4, 0.5) is 0 Å². The van der Waals surface area contributed by atoms with E-state index in [-0.39, 0.29) is 24.5 Å². The molecule has 0 aromatic rings. The van der Waals surface area contributed by atoms with Gasteiger partial charge in [0.05, 0.1) is 11.8 Å². The number of carbonyl (C=O) groups is 2. The highest BCUT2D eigenvalue weighted by Gasteiger charge is 2.52. The van der Waals surface area contributed by atoms with Crippen LogP contribution in [0, 0.1) is 23.7 Å². The summed E-state index contributed by atoms with van der Waals surface area (Å²) in [7, 11) is 3.59. The maximum Gasteiger partial charge on any atom is 0.311 e. The Morgan fingerprint density at radius 2 is 1.88 bits per heavy atom. The summed E-state index contributed by atoms with van der Waals surface area (Å²) in [4.78, 5) is 24.8. The molecular formula is C12H17NO4. The number of carboxylic acids is 1. The van der Waals surface area contributed by atoms with E-state index in [4.69, 9.17) is 4.74 Å². The van der Waals surface area contributed by atoms with Crippen LogP contribution in [0.3, 0.4) is 0 Å². The van der Waals surface area contributed by atoms with Crippen molar-refractivity contribution in [2.75, 3.05) is 20.8 Å². The minimum Gasteiger partial charge on any atom is -0.481 e. The fourth-order valence-electron chi connectivity index (χ4n) is 2.77. The van der Waals surface area contributed by atoms with Crippen LogP contribution >= 0.6 is 0 Å². The molecule has 1 fully saturated rings. The van der Waals surface area contributed by atoms with Crippen LogP contribution in [0.2, 0.25) is 0 Å². The van der Waals surface area contributed by atoms with E-state index < -0.39 is 17.8 Å². The van der Waals surface area contributed by atoms with Gasteiger partial charge in [-0.05, 0) is 32.4 Å². The number of carbonyl (C=O) groups excluding carboxylic acids is 1. The molecule has 0 spiro atoms. The first kappa shape index (κ1) is 12.1. The molecule has 0 unspecified atom stereocenters. The second-order valence-corrected chi connectivity index (χ2v) is 5.01. The molecule has 0 heterocycles. The van der Waals surface area contributed by atoms with Gasteiger partial charge in [-0.15, -0.1) is 0 Å². The summed E-state index contributed by atoms with van der Waals surface area (Å²) in [5, 5.41) is 9.18. The maximum atomic E-state index is 11.9. The van der Waals surface area contributed by atoms with Gasteiger partial charge >= 0.3 is 11.9 Å². The molecular weight excluding hydrogens is 222 g/mol. The Bertz CT molecular complexity index is 364. The summed E-state index contributed by atoms with van der Waals surface area (Å²) in [6.07, 6.45) is 4.63. The molecule has 2 bridgehead atoms. The molecule has 2 rings (SSSR count). The summed E-state index contributed by atoms with van der Waals surface area (Å²) >= 11 is 0. The Morgan fingerprint density at radius 3 is 2.41 bits per heavy atom. The summed E-state index contributed by atoms with van der Waals surface area (Å²) < 4.78 is 5.11. The molecule has 1 N–H and O–H groups in total. The van der Waals surface area contributed by atoms with Crippen molar-refractivity contribution in [1.82, 2.24) is 4.90 Å². The van der Waals surface area contributed by atoms with Crippen LogP contribution in [-0.4, -0.2) is 42.8 Å². The number of nitrogens with zero attached hydrogens (tertiary/aromatic N) is 1.